The fourth-order valence-electron chi connectivity index (χ4n) is 6.43. The second kappa shape index (κ2) is 13.5. The Hall–Kier alpha value is -3.41. The SMILES string of the molecule is COCCCn1c(C2CCCN(C(=O)C[C@@H](Cc3ccc(B4OC(C)(C)C(C)(C)O4)cc3)NC(=O)O)C2)cc2c(F)cccc21. The number of carbonyl (C=O) groups excluding carboxylic acids is 1. The number of piperidine rings is 1. The Morgan fingerprint density at radius 2 is 1.84 bits per heavy atom. The molecule has 0 aliphatic carbocycles. The van der Waals surface area contributed by atoms with Gasteiger partial charge in [0.25, 0.3) is 0 Å². The Kier molecular flexibility index (Phi) is 9.91. The Balaban J connectivity index is 1.27. The number of nitrogens with zero attached hydrogens (tertiary/aromatic N) is 2. The summed E-state index contributed by atoms with van der Waals surface area (Å²) >= 11 is 0. The molecule has 2 aliphatic rings. The molecule has 0 bridgehead atoms. The smallest absolute Gasteiger partial charge is 0.465 e. The van der Waals surface area contributed by atoms with Gasteiger partial charge >= 0.3 is 13.2 Å². The van der Waals surface area contributed by atoms with Crippen molar-refractivity contribution in [3.8, 4) is 0 Å². The van der Waals surface area contributed by atoms with Crippen LogP contribution >= 0.6 is 0 Å². The van der Waals surface area contributed by atoms with Gasteiger partial charge in [-0.3, -0.25) is 4.79 Å². The van der Waals surface area contributed by atoms with E-state index in [0.29, 0.717) is 38.0 Å². The third kappa shape index (κ3) is 7.37. The molecule has 1 unspecified atom stereocenters. The van der Waals surface area contributed by atoms with Gasteiger partial charge in [0.2, 0.25) is 5.91 Å². The zero-order chi connectivity index (χ0) is 32.4. The van der Waals surface area contributed by atoms with E-state index < -0.39 is 30.5 Å². The van der Waals surface area contributed by atoms with Gasteiger partial charge in [-0.2, -0.15) is 0 Å². The number of halogens is 1. The average Bonchev–Trinajstić information content (AvgIpc) is 3.47. The number of benzene rings is 2. The van der Waals surface area contributed by atoms with E-state index in [2.05, 4.69) is 9.88 Å². The number of aryl methyl sites for hydroxylation is 1. The van der Waals surface area contributed by atoms with Crippen LogP contribution in [0.15, 0.2) is 48.5 Å². The van der Waals surface area contributed by atoms with Crippen molar-refractivity contribution in [1.82, 2.24) is 14.8 Å². The number of aromatic nitrogens is 1. The van der Waals surface area contributed by atoms with Crippen LogP contribution in [0.1, 0.15) is 70.6 Å². The monoisotopic (exact) mass is 621 g/mol. The van der Waals surface area contributed by atoms with Gasteiger partial charge < -0.3 is 33.9 Å². The summed E-state index contributed by atoms with van der Waals surface area (Å²) < 4.78 is 34.5. The summed E-state index contributed by atoms with van der Waals surface area (Å²) in [5.74, 6) is -0.305. The lowest BCUT2D eigenvalue weighted by Crippen LogP contribution is -2.44. The van der Waals surface area contributed by atoms with Crippen LogP contribution in [0.4, 0.5) is 9.18 Å². The maximum Gasteiger partial charge on any atom is 0.494 e. The summed E-state index contributed by atoms with van der Waals surface area (Å²) in [6.45, 7) is 10.4. The number of carbonyl (C=O) groups is 2. The molecule has 2 aromatic carbocycles. The minimum absolute atomic E-state index is 0.0451. The molecule has 5 rings (SSSR count). The second-order valence-corrected chi connectivity index (χ2v) is 13.3. The van der Waals surface area contributed by atoms with Gasteiger partial charge in [0.05, 0.1) is 16.7 Å². The van der Waals surface area contributed by atoms with Crippen LogP contribution in [-0.4, -0.2) is 77.7 Å². The van der Waals surface area contributed by atoms with E-state index in [0.717, 1.165) is 41.5 Å². The summed E-state index contributed by atoms with van der Waals surface area (Å²) in [6.07, 6.45) is 1.74. The number of fused-ring (bicyclic) bond motifs is 1. The molecule has 242 valence electrons. The van der Waals surface area contributed by atoms with Crippen LogP contribution in [0.5, 0.6) is 0 Å². The number of hydrogen-bond acceptors (Lipinski definition) is 5. The molecule has 2 saturated heterocycles. The molecule has 11 heteroatoms. The van der Waals surface area contributed by atoms with Crippen molar-refractivity contribution in [2.45, 2.75) is 89.5 Å². The Morgan fingerprint density at radius 1 is 1.13 bits per heavy atom. The first-order chi connectivity index (χ1) is 21.4. The first-order valence-corrected chi connectivity index (χ1v) is 15.9. The van der Waals surface area contributed by atoms with E-state index in [1.54, 1.807) is 13.2 Å². The number of likely N-dealkylation sites (tertiary alicyclic amines) is 1. The molecule has 2 aliphatic heterocycles. The average molecular weight is 622 g/mol. The molecule has 2 N–H and O–H groups in total. The number of methoxy groups -OCH3 is 1. The topological polar surface area (TPSA) is 102 Å². The number of rotatable bonds is 11. The number of nitrogens with one attached hydrogen (secondary N) is 1. The summed E-state index contributed by atoms with van der Waals surface area (Å²) in [7, 11) is 1.18. The van der Waals surface area contributed by atoms with Gasteiger partial charge in [-0.1, -0.05) is 30.3 Å². The Bertz CT molecular complexity index is 1490. The van der Waals surface area contributed by atoms with Crippen LogP contribution in [-0.2, 0) is 31.8 Å². The van der Waals surface area contributed by atoms with Crippen molar-refractivity contribution >= 4 is 35.5 Å². The minimum Gasteiger partial charge on any atom is -0.465 e. The van der Waals surface area contributed by atoms with Crippen molar-refractivity contribution in [1.29, 1.82) is 0 Å². The minimum atomic E-state index is -1.17. The Morgan fingerprint density at radius 3 is 2.51 bits per heavy atom. The van der Waals surface area contributed by atoms with Crippen LogP contribution in [0, 0.1) is 5.82 Å². The molecule has 2 fully saturated rings. The predicted octanol–water partition coefficient (Wildman–Crippen LogP) is 5.09. The number of carboxylic acid groups (broad SMARTS) is 1. The van der Waals surface area contributed by atoms with Gasteiger partial charge in [0.15, 0.2) is 0 Å². The number of ether oxygens (including phenoxy) is 1. The van der Waals surface area contributed by atoms with E-state index >= 15 is 0 Å². The fraction of sp³-hybridized carbons (Fsp3) is 0.529. The molecule has 2 atom stereocenters. The summed E-state index contributed by atoms with van der Waals surface area (Å²) in [6, 6.07) is 14.2. The molecule has 2 amide bonds. The van der Waals surface area contributed by atoms with E-state index in [-0.39, 0.29) is 24.1 Å². The van der Waals surface area contributed by atoms with Crippen molar-refractivity contribution in [2.24, 2.45) is 0 Å². The highest BCUT2D eigenvalue weighted by molar-refractivity contribution is 6.62. The normalized spacial score (nSPS) is 20.0. The van der Waals surface area contributed by atoms with E-state index in [1.807, 2.05) is 69.0 Å². The molecule has 1 aromatic heterocycles. The molecule has 0 spiro atoms. The maximum atomic E-state index is 14.8. The van der Waals surface area contributed by atoms with E-state index in [1.165, 1.54) is 6.07 Å². The highest BCUT2D eigenvalue weighted by Gasteiger charge is 2.51. The third-order valence-corrected chi connectivity index (χ3v) is 9.58. The van der Waals surface area contributed by atoms with Crippen LogP contribution in [0.2, 0.25) is 0 Å². The molecule has 0 radical (unpaired) electrons. The number of amides is 2. The van der Waals surface area contributed by atoms with Crippen molar-refractivity contribution in [3.05, 3.63) is 65.6 Å². The zero-order valence-electron chi connectivity index (χ0n) is 27.0. The summed E-state index contributed by atoms with van der Waals surface area (Å²) in [5, 5.41) is 12.7. The first-order valence-electron chi connectivity index (χ1n) is 15.9. The first kappa shape index (κ1) is 33.0. The largest absolute Gasteiger partial charge is 0.494 e. The maximum absolute atomic E-state index is 14.8. The molecular formula is C34H45BFN3O6. The van der Waals surface area contributed by atoms with E-state index in [4.69, 9.17) is 14.0 Å². The Labute approximate surface area is 265 Å². The van der Waals surface area contributed by atoms with Gasteiger partial charge in [0.1, 0.15) is 5.82 Å². The quantitative estimate of drug-likeness (QED) is 0.229. The lowest BCUT2D eigenvalue weighted by atomic mass is 9.78. The molecule has 9 nitrogen and oxygen atoms in total. The van der Waals surface area contributed by atoms with Gasteiger partial charge in [-0.25, -0.2) is 9.18 Å². The van der Waals surface area contributed by atoms with Crippen LogP contribution in [0.3, 0.4) is 0 Å². The highest BCUT2D eigenvalue weighted by atomic mass is 19.1. The highest BCUT2D eigenvalue weighted by Crippen LogP contribution is 2.37. The predicted molar refractivity (Wildman–Crippen MR) is 172 cm³/mol. The molecule has 3 heterocycles. The lowest BCUT2D eigenvalue weighted by molar-refractivity contribution is -0.132. The van der Waals surface area contributed by atoms with Gasteiger partial charge in [-0.15, -0.1) is 0 Å². The summed E-state index contributed by atoms with van der Waals surface area (Å²) in [4.78, 5) is 27.1. The van der Waals surface area contributed by atoms with E-state index in [9.17, 15) is 19.1 Å². The molecule has 0 saturated carbocycles. The van der Waals surface area contributed by atoms with Crippen molar-refractivity contribution in [2.75, 3.05) is 26.8 Å². The summed E-state index contributed by atoms with van der Waals surface area (Å²) in [5.41, 5.74) is 2.76. The third-order valence-electron chi connectivity index (χ3n) is 9.58. The molecular weight excluding hydrogens is 576 g/mol. The van der Waals surface area contributed by atoms with Crippen molar-refractivity contribution in [3.63, 3.8) is 0 Å². The number of hydrogen-bond donors (Lipinski definition) is 2. The van der Waals surface area contributed by atoms with Gasteiger partial charge in [0, 0.05) is 62.8 Å². The second-order valence-electron chi connectivity index (χ2n) is 13.3. The van der Waals surface area contributed by atoms with Crippen LogP contribution in [0.25, 0.3) is 10.9 Å². The zero-order valence-corrected chi connectivity index (χ0v) is 27.0. The lowest BCUT2D eigenvalue weighted by Gasteiger charge is -2.34. The van der Waals surface area contributed by atoms with Crippen LogP contribution < -0.4 is 10.8 Å². The van der Waals surface area contributed by atoms with Gasteiger partial charge in [-0.05, 0) is 82.6 Å². The van der Waals surface area contributed by atoms with Crippen molar-refractivity contribution < 1.29 is 33.1 Å². The molecule has 3 aromatic rings. The standard InChI is InChI=1S/C34H45BFN3O6/c1-33(2)34(3,4)45-35(44-33)25-14-12-23(13-15-25)19-26(37-32(41)42)20-31(40)38-16-7-9-24(22-38)30-21-27-28(36)10-6-11-29(27)39(30)17-8-18-43-5/h6,10-15,21,24,26,37H,7-9,16-20,22H2,1-5H3,(H,41,42)/t24?,26-/m1/s1. The fourth-order valence-corrected chi connectivity index (χ4v) is 6.43. The molecule has 45 heavy (non-hydrogen) atoms.